The fourth-order valence-electron chi connectivity index (χ4n) is 2.42. The quantitative estimate of drug-likeness (QED) is 0.349. The van der Waals surface area contributed by atoms with Gasteiger partial charge < -0.3 is 24.8 Å². The number of carbonyl (C=O) groups is 1. The molecule has 27 heavy (non-hydrogen) atoms. The third-order valence-electron chi connectivity index (χ3n) is 3.78. The Morgan fingerprint density at radius 1 is 1.11 bits per heavy atom. The summed E-state index contributed by atoms with van der Waals surface area (Å²) in [7, 11) is 1.39. The van der Waals surface area contributed by atoms with Crippen LogP contribution >= 0.6 is 0 Å². The predicted octanol–water partition coefficient (Wildman–Crippen LogP) is 2.39. The summed E-state index contributed by atoms with van der Waals surface area (Å²) in [5.41, 5.74) is 1.15. The number of guanidine groups is 1. The molecule has 0 bridgehead atoms. The Hall–Kier alpha value is -2.44. The number of carbonyl (C=O) groups excluding carboxylic acids is 1. The Morgan fingerprint density at radius 2 is 1.81 bits per heavy atom. The highest BCUT2D eigenvalue weighted by molar-refractivity contribution is 5.80. The van der Waals surface area contributed by atoms with Crippen molar-refractivity contribution in [2.75, 3.05) is 40.0 Å². The number of hydrogen-bond acceptors (Lipinski definition) is 5. The average Bonchev–Trinajstić information content (AvgIpc) is 2.67. The third-order valence-corrected chi connectivity index (χ3v) is 3.78. The van der Waals surface area contributed by atoms with Gasteiger partial charge in [0.15, 0.2) is 17.5 Å². The van der Waals surface area contributed by atoms with Gasteiger partial charge in [-0.3, -0.25) is 9.79 Å². The molecule has 0 aliphatic rings. The van der Waals surface area contributed by atoms with Gasteiger partial charge in [0.1, 0.15) is 0 Å². The van der Waals surface area contributed by atoms with E-state index in [2.05, 4.69) is 15.6 Å². The molecule has 7 nitrogen and oxygen atoms in total. The van der Waals surface area contributed by atoms with E-state index in [0.717, 1.165) is 30.0 Å². The summed E-state index contributed by atoms with van der Waals surface area (Å²) in [6.07, 6.45) is 0.809. The number of esters is 1. The Labute approximate surface area is 162 Å². The van der Waals surface area contributed by atoms with Crippen molar-refractivity contribution in [3.05, 3.63) is 23.8 Å². The maximum Gasteiger partial charge on any atom is 0.310 e. The molecule has 0 aromatic heterocycles. The number of methoxy groups -OCH3 is 1. The minimum absolute atomic E-state index is 0.257. The lowest BCUT2D eigenvalue weighted by Gasteiger charge is -2.14. The number of rotatable bonds is 11. The average molecular weight is 380 g/mol. The molecule has 0 amide bonds. The lowest BCUT2D eigenvalue weighted by molar-refractivity contribution is -0.144. The van der Waals surface area contributed by atoms with E-state index in [4.69, 9.17) is 14.2 Å². The summed E-state index contributed by atoms with van der Waals surface area (Å²) in [6, 6.07) is 6.00. The van der Waals surface area contributed by atoms with Crippen LogP contribution < -0.4 is 20.1 Å². The Kier molecular flexibility index (Phi) is 10.7. The van der Waals surface area contributed by atoms with Crippen LogP contribution in [-0.2, 0) is 16.0 Å². The Bertz CT molecular complexity index is 605. The molecule has 1 rings (SSSR count). The fourth-order valence-corrected chi connectivity index (χ4v) is 2.42. The summed E-state index contributed by atoms with van der Waals surface area (Å²) in [5.74, 6) is 1.69. The second-order valence-corrected chi connectivity index (χ2v) is 5.97. The molecule has 0 aliphatic heterocycles. The van der Waals surface area contributed by atoms with Gasteiger partial charge in [-0.1, -0.05) is 13.0 Å². The maximum atomic E-state index is 11.5. The van der Waals surface area contributed by atoms with Crippen molar-refractivity contribution in [3.63, 3.8) is 0 Å². The zero-order valence-electron chi connectivity index (χ0n) is 17.1. The highest BCUT2D eigenvalue weighted by atomic mass is 16.5. The van der Waals surface area contributed by atoms with Gasteiger partial charge >= 0.3 is 5.97 Å². The molecule has 152 valence electrons. The summed E-state index contributed by atoms with van der Waals surface area (Å²) >= 11 is 0. The molecule has 0 spiro atoms. The van der Waals surface area contributed by atoms with Crippen LogP contribution in [0.4, 0.5) is 0 Å². The molecule has 7 heteroatoms. The summed E-state index contributed by atoms with van der Waals surface area (Å²) < 4.78 is 16.0. The molecule has 0 radical (unpaired) electrons. The zero-order valence-corrected chi connectivity index (χ0v) is 17.1. The van der Waals surface area contributed by atoms with E-state index in [1.807, 2.05) is 39.0 Å². The number of benzene rings is 1. The highest BCUT2D eigenvalue weighted by Gasteiger charge is 2.12. The van der Waals surface area contributed by atoms with Gasteiger partial charge in [0.25, 0.3) is 0 Å². The molecule has 1 aromatic rings. The topological polar surface area (TPSA) is 81.2 Å². The van der Waals surface area contributed by atoms with Crippen molar-refractivity contribution in [2.24, 2.45) is 10.9 Å². The van der Waals surface area contributed by atoms with Crippen molar-refractivity contribution < 1.29 is 19.0 Å². The molecular weight excluding hydrogens is 346 g/mol. The van der Waals surface area contributed by atoms with Crippen LogP contribution in [0.3, 0.4) is 0 Å². The number of ether oxygens (including phenoxy) is 3. The minimum atomic E-state index is -0.273. The van der Waals surface area contributed by atoms with Crippen molar-refractivity contribution in [1.29, 1.82) is 0 Å². The maximum absolute atomic E-state index is 11.5. The SMILES string of the molecule is CCNC(=NCC(C)C(=O)OC)NCCc1ccc(OCC)c(OCC)c1. The van der Waals surface area contributed by atoms with Crippen molar-refractivity contribution >= 4 is 11.9 Å². The summed E-state index contributed by atoms with van der Waals surface area (Å²) in [5, 5.41) is 6.47. The summed E-state index contributed by atoms with van der Waals surface area (Å²) in [6.45, 7) is 10.7. The fraction of sp³-hybridized carbons (Fsp3) is 0.600. The molecule has 1 unspecified atom stereocenters. The van der Waals surface area contributed by atoms with Crippen molar-refractivity contribution in [2.45, 2.75) is 34.1 Å². The smallest absolute Gasteiger partial charge is 0.310 e. The number of nitrogens with zero attached hydrogens (tertiary/aromatic N) is 1. The molecule has 1 aromatic carbocycles. The van der Waals surface area contributed by atoms with Crippen molar-refractivity contribution in [3.8, 4) is 11.5 Å². The molecule has 0 saturated carbocycles. The lowest BCUT2D eigenvalue weighted by atomic mass is 10.1. The van der Waals surface area contributed by atoms with Crippen LogP contribution in [0.1, 0.15) is 33.3 Å². The Morgan fingerprint density at radius 3 is 2.44 bits per heavy atom. The minimum Gasteiger partial charge on any atom is -0.490 e. The van der Waals surface area contributed by atoms with E-state index in [0.29, 0.717) is 32.3 Å². The normalized spacial score (nSPS) is 12.3. The monoisotopic (exact) mass is 379 g/mol. The molecule has 1 atom stereocenters. The van der Waals surface area contributed by atoms with Crippen molar-refractivity contribution in [1.82, 2.24) is 10.6 Å². The number of hydrogen-bond donors (Lipinski definition) is 2. The van der Waals surface area contributed by atoms with Gasteiger partial charge in [-0.05, 0) is 44.9 Å². The van der Waals surface area contributed by atoms with Crippen LogP contribution in [0.2, 0.25) is 0 Å². The van der Waals surface area contributed by atoms with E-state index in [9.17, 15) is 4.79 Å². The van der Waals surface area contributed by atoms with E-state index in [1.54, 1.807) is 6.92 Å². The van der Waals surface area contributed by atoms with Gasteiger partial charge in [-0.15, -0.1) is 0 Å². The lowest BCUT2D eigenvalue weighted by Crippen LogP contribution is -2.38. The van der Waals surface area contributed by atoms with E-state index < -0.39 is 0 Å². The highest BCUT2D eigenvalue weighted by Crippen LogP contribution is 2.28. The van der Waals surface area contributed by atoms with Crippen LogP contribution in [0, 0.1) is 5.92 Å². The predicted molar refractivity (Wildman–Crippen MR) is 108 cm³/mol. The molecule has 2 N–H and O–H groups in total. The number of nitrogens with one attached hydrogen (secondary N) is 2. The van der Waals surface area contributed by atoms with Gasteiger partial charge in [0.2, 0.25) is 0 Å². The second kappa shape index (κ2) is 12.8. The standard InChI is InChI=1S/C20H33N3O4/c1-6-21-20(23-14-15(4)19(24)25-5)22-12-11-16-9-10-17(26-7-2)18(13-16)27-8-3/h9-10,13,15H,6-8,11-12,14H2,1-5H3,(H2,21,22,23). The summed E-state index contributed by atoms with van der Waals surface area (Å²) in [4.78, 5) is 15.9. The molecule has 0 saturated heterocycles. The number of aliphatic imine (C=N–C) groups is 1. The second-order valence-electron chi connectivity index (χ2n) is 5.97. The van der Waals surface area contributed by atoms with Gasteiger partial charge in [-0.25, -0.2) is 0 Å². The van der Waals surface area contributed by atoms with Gasteiger partial charge in [0.05, 0.1) is 32.8 Å². The van der Waals surface area contributed by atoms with Gasteiger partial charge in [-0.2, -0.15) is 0 Å². The first-order chi connectivity index (χ1) is 13.0. The third kappa shape index (κ3) is 8.19. The first kappa shape index (κ1) is 22.6. The van der Waals surface area contributed by atoms with Crippen LogP contribution in [0.25, 0.3) is 0 Å². The molecule has 0 fully saturated rings. The Balaban J connectivity index is 2.64. The molecule has 0 heterocycles. The first-order valence-electron chi connectivity index (χ1n) is 9.54. The van der Waals surface area contributed by atoms with Gasteiger partial charge in [0, 0.05) is 13.1 Å². The van der Waals surface area contributed by atoms with E-state index >= 15 is 0 Å². The van der Waals surface area contributed by atoms with Crippen LogP contribution in [-0.4, -0.2) is 51.9 Å². The molecule has 0 aliphatic carbocycles. The largest absolute Gasteiger partial charge is 0.490 e. The van der Waals surface area contributed by atoms with E-state index in [-0.39, 0.29) is 11.9 Å². The van der Waals surface area contributed by atoms with Crippen LogP contribution in [0.15, 0.2) is 23.2 Å². The zero-order chi connectivity index (χ0) is 20.1. The van der Waals surface area contributed by atoms with E-state index in [1.165, 1.54) is 7.11 Å². The van der Waals surface area contributed by atoms with Crippen LogP contribution in [0.5, 0.6) is 11.5 Å². The molecular formula is C20H33N3O4. The first-order valence-corrected chi connectivity index (χ1v) is 9.54.